The van der Waals surface area contributed by atoms with Crippen molar-refractivity contribution in [2.24, 2.45) is 0 Å². The highest BCUT2D eigenvalue weighted by Gasteiger charge is 2.31. The van der Waals surface area contributed by atoms with Gasteiger partial charge in [-0.3, -0.25) is 10.1 Å². The first-order chi connectivity index (χ1) is 5.73. The van der Waals surface area contributed by atoms with E-state index in [1.165, 1.54) is 0 Å². The third-order valence-electron chi connectivity index (χ3n) is 0.904. The maximum atomic E-state index is 10.9. The van der Waals surface area contributed by atoms with Crippen molar-refractivity contribution < 1.29 is 9.59 Å². The van der Waals surface area contributed by atoms with E-state index in [1.54, 1.807) is 13.8 Å². The smallest absolute Gasteiger partial charge is 0.321 e. The van der Waals surface area contributed by atoms with E-state index in [0.29, 0.717) is 0 Å². The lowest BCUT2D eigenvalue weighted by Crippen LogP contribution is -2.46. The van der Waals surface area contributed by atoms with Crippen LogP contribution in [-0.2, 0) is 4.79 Å². The Morgan fingerprint density at radius 2 is 1.69 bits per heavy atom. The standard InChI is InChI=1S/C6H9Cl3N2O2/c1-3(2)10-5(13)11-4(12)6(7,8)9/h3H,1-2H3,(H2,10,11,12,13). The average molecular weight is 248 g/mol. The predicted octanol–water partition coefficient (Wildman–Crippen LogP) is 1.59. The van der Waals surface area contributed by atoms with Gasteiger partial charge in [0.15, 0.2) is 0 Å². The van der Waals surface area contributed by atoms with Crippen LogP contribution in [0.2, 0.25) is 0 Å². The molecule has 0 heterocycles. The fourth-order valence-corrected chi connectivity index (χ4v) is 0.614. The fourth-order valence-electron chi connectivity index (χ4n) is 0.472. The van der Waals surface area contributed by atoms with E-state index in [4.69, 9.17) is 34.8 Å². The molecule has 0 bridgehead atoms. The predicted molar refractivity (Wildman–Crippen MR) is 52.1 cm³/mol. The zero-order valence-corrected chi connectivity index (χ0v) is 9.30. The minimum absolute atomic E-state index is 0.0943. The van der Waals surface area contributed by atoms with E-state index in [2.05, 4.69) is 5.32 Å². The SMILES string of the molecule is CC(C)NC(=O)NC(=O)C(Cl)(Cl)Cl. The zero-order valence-electron chi connectivity index (χ0n) is 7.03. The Morgan fingerprint density at radius 1 is 1.23 bits per heavy atom. The van der Waals surface area contributed by atoms with E-state index in [1.807, 2.05) is 5.32 Å². The van der Waals surface area contributed by atoms with Crippen LogP contribution >= 0.6 is 34.8 Å². The van der Waals surface area contributed by atoms with Crippen LogP contribution in [0.25, 0.3) is 0 Å². The van der Waals surface area contributed by atoms with Crippen molar-refractivity contribution in [1.29, 1.82) is 0 Å². The number of carbonyl (C=O) groups is 2. The Balaban J connectivity index is 4.01. The minimum Gasteiger partial charge on any atom is -0.336 e. The molecule has 0 aromatic rings. The van der Waals surface area contributed by atoms with Gasteiger partial charge in [-0.2, -0.15) is 0 Å². The van der Waals surface area contributed by atoms with Crippen LogP contribution in [0.3, 0.4) is 0 Å². The summed E-state index contributed by atoms with van der Waals surface area (Å²) in [6.07, 6.45) is 0. The van der Waals surface area contributed by atoms with Crippen LogP contribution in [0.5, 0.6) is 0 Å². The van der Waals surface area contributed by atoms with Crippen LogP contribution < -0.4 is 10.6 Å². The topological polar surface area (TPSA) is 58.2 Å². The van der Waals surface area contributed by atoms with Gasteiger partial charge in [0.25, 0.3) is 9.70 Å². The molecule has 0 unspecified atom stereocenters. The van der Waals surface area contributed by atoms with Crippen molar-refractivity contribution in [2.45, 2.75) is 23.7 Å². The van der Waals surface area contributed by atoms with Gasteiger partial charge in [-0.15, -0.1) is 0 Å². The van der Waals surface area contributed by atoms with Crippen molar-refractivity contribution >= 4 is 46.7 Å². The molecule has 0 aliphatic heterocycles. The van der Waals surface area contributed by atoms with Gasteiger partial charge in [-0.25, -0.2) is 4.79 Å². The quantitative estimate of drug-likeness (QED) is 0.691. The first kappa shape index (κ1) is 12.8. The highest BCUT2D eigenvalue weighted by atomic mass is 35.6. The van der Waals surface area contributed by atoms with Gasteiger partial charge in [-0.1, -0.05) is 34.8 Å². The Hall–Kier alpha value is -0.190. The summed E-state index contributed by atoms with van der Waals surface area (Å²) in [6.45, 7) is 3.47. The van der Waals surface area contributed by atoms with Crippen molar-refractivity contribution in [3.63, 3.8) is 0 Å². The summed E-state index contributed by atoms with van der Waals surface area (Å²) in [5, 5.41) is 4.27. The van der Waals surface area contributed by atoms with Gasteiger partial charge in [0, 0.05) is 6.04 Å². The van der Waals surface area contributed by atoms with Gasteiger partial charge in [-0.05, 0) is 13.8 Å². The first-order valence-electron chi connectivity index (χ1n) is 3.42. The molecule has 0 radical (unpaired) electrons. The minimum atomic E-state index is -2.12. The van der Waals surface area contributed by atoms with Gasteiger partial charge in [0.05, 0.1) is 0 Å². The summed E-state index contributed by atoms with van der Waals surface area (Å²) in [5.41, 5.74) is 0. The number of amides is 3. The molecule has 0 rings (SSSR count). The molecule has 4 nitrogen and oxygen atoms in total. The Kier molecular flexibility index (Phi) is 4.81. The zero-order chi connectivity index (χ0) is 10.6. The number of imide groups is 1. The molecule has 0 aliphatic carbocycles. The van der Waals surface area contributed by atoms with Crippen molar-refractivity contribution in [1.82, 2.24) is 10.6 Å². The highest BCUT2D eigenvalue weighted by molar-refractivity contribution is 6.76. The monoisotopic (exact) mass is 246 g/mol. The highest BCUT2D eigenvalue weighted by Crippen LogP contribution is 2.25. The van der Waals surface area contributed by atoms with Crippen molar-refractivity contribution in [3.8, 4) is 0 Å². The number of rotatable bonds is 1. The summed E-state index contributed by atoms with van der Waals surface area (Å²) in [6, 6.07) is -0.783. The normalized spacial score (nSPS) is 11.2. The summed E-state index contributed by atoms with van der Waals surface area (Å²) < 4.78 is -2.12. The fraction of sp³-hybridized carbons (Fsp3) is 0.667. The number of hydrogen-bond donors (Lipinski definition) is 2. The number of nitrogens with one attached hydrogen (secondary N) is 2. The summed E-state index contributed by atoms with van der Waals surface area (Å²) in [5.74, 6) is -0.976. The van der Waals surface area contributed by atoms with Crippen molar-refractivity contribution in [3.05, 3.63) is 0 Å². The number of alkyl halides is 3. The number of urea groups is 1. The molecule has 0 atom stereocenters. The van der Waals surface area contributed by atoms with Crippen LogP contribution in [0.1, 0.15) is 13.8 Å². The Morgan fingerprint density at radius 3 is 2.00 bits per heavy atom. The van der Waals surface area contributed by atoms with E-state index in [0.717, 1.165) is 0 Å². The maximum absolute atomic E-state index is 10.9. The average Bonchev–Trinajstić information content (AvgIpc) is 1.82. The molecule has 0 aliphatic rings. The Labute approximate surface area is 90.9 Å². The second kappa shape index (κ2) is 4.88. The molecule has 2 N–H and O–H groups in total. The molecule has 0 saturated carbocycles. The lowest BCUT2D eigenvalue weighted by atomic mass is 10.4. The second-order valence-corrected chi connectivity index (χ2v) is 4.86. The first-order valence-corrected chi connectivity index (χ1v) is 4.55. The van der Waals surface area contributed by atoms with Crippen LogP contribution in [0.15, 0.2) is 0 Å². The molecule has 13 heavy (non-hydrogen) atoms. The van der Waals surface area contributed by atoms with Gasteiger partial charge >= 0.3 is 6.03 Å². The third-order valence-corrected chi connectivity index (χ3v) is 1.42. The molecule has 0 aromatic carbocycles. The van der Waals surface area contributed by atoms with Crippen LogP contribution in [0, 0.1) is 0 Å². The maximum Gasteiger partial charge on any atom is 0.321 e. The van der Waals surface area contributed by atoms with E-state index < -0.39 is 15.7 Å². The van der Waals surface area contributed by atoms with Crippen LogP contribution in [-0.4, -0.2) is 21.8 Å². The van der Waals surface area contributed by atoms with Crippen LogP contribution in [0.4, 0.5) is 4.79 Å². The number of halogens is 3. The van der Waals surface area contributed by atoms with Gasteiger partial charge < -0.3 is 5.32 Å². The van der Waals surface area contributed by atoms with Gasteiger partial charge in [0.1, 0.15) is 0 Å². The molecular formula is C6H9Cl3N2O2. The molecule has 0 saturated heterocycles. The molecule has 7 heteroatoms. The molecular weight excluding hydrogens is 238 g/mol. The van der Waals surface area contributed by atoms with Gasteiger partial charge in [0.2, 0.25) is 0 Å². The molecule has 0 aromatic heterocycles. The number of hydrogen-bond acceptors (Lipinski definition) is 2. The van der Waals surface area contributed by atoms with E-state index >= 15 is 0 Å². The lowest BCUT2D eigenvalue weighted by molar-refractivity contribution is -0.119. The van der Waals surface area contributed by atoms with Crippen molar-refractivity contribution in [2.75, 3.05) is 0 Å². The molecule has 3 amide bonds. The van der Waals surface area contributed by atoms with E-state index in [-0.39, 0.29) is 6.04 Å². The summed E-state index contributed by atoms with van der Waals surface area (Å²) in [4.78, 5) is 21.8. The Bertz CT molecular complexity index is 212. The largest absolute Gasteiger partial charge is 0.336 e. The second-order valence-electron chi connectivity index (χ2n) is 2.58. The summed E-state index contributed by atoms with van der Waals surface area (Å²) >= 11 is 15.6. The lowest BCUT2D eigenvalue weighted by Gasteiger charge is -2.12. The number of carbonyl (C=O) groups excluding carboxylic acids is 2. The molecule has 76 valence electrons. The van der Waals surface area contributed by atoms with E-state index in [9.17, 15) is 9.59 Å². The third kappa shape index (κ3) is 5.96. The molecule has 0 spiro atoms. The summed E-state index contributed by atoms with van der Waals surface area (Å²) in [7, 11) is 0. The molecule has 0 fully saturated rings.